The third-order valence-electron chi connectivity index (χ3n) is 2.84. The molecule has 0 aromatic carbocycles. The van der Waals surface area contributed by atoms with Gasteiger partial charge in [-0.25, -0.2) is 4.79 Å². The van der Waals surface area contributed by atoms with Crippen LogP contribution in [0.25, 0.3) is 0 Å². The van der Waals surface area contributed by atoms with Crippen LogP contribution in [0.1, 0.15) is 32.6 Å². The highest BCUT2D eigenvalue weighted by Gasteiger charge is 2.27. The molecule has 1 aliphatic rings. The van der Waals surface area contributed by atoms with E-state index in [1.165, 1.54) is 4.90 Å². The molecule has 1 amide bonds. The van der Waals surface area contributed by atoms with Crippen LogP contribution < -0.4 is 0 Å². The number of piperidine rings is 1. The van der Waals surface area contributed by atoms with E-state index in [0.717, 1.165) is 12.8 Å². The molecule has 0 spiro atoms. The molecule has 1 aliphatic heterocycles. The summed E-state index contributed by atoms with van der Waals surface area (Å²) in [4.78, 5) is 23.6. The molecule has 0 bridgehead atoms. The number of unbranched alkanes of at least 4 members (excludes halogenated alkanes) is 1. The number of carbonyl (C=O) groups is 2. The summed E-state index contributed by atoms with van der Waals surface area (Å²) in [6.45, 7) is 3.39. The second kappa shape index (κ2) is 6.35. The van der Waals surface area contributed by atoms with Gasteiger partial charge in [-0.05, 0) is 19.3 Å². The zero-order valence-corrected chi connectivity index (χ0v) is 9.65. The smallest absolute Gasteiger partial charge is 0.407 e. The molecule has 0 atom stereocenters. The number of ether oxygens (including phenoxy) is 1. The lowest BCUT2D eigenvalue weighted by atomic mass is 9.97. The minimum atomic E-state index is -0.905. The normalized spacial score (nSPS) is 17.2. The van der Waals surface area contributed by atoms with Crippen LogP contribution in [-0.4, -0.2) is 41.8 Å². The molecular weight excluding hydrogens is 210 g/mol. The first-order valence-electron chi connectivity index (χ1n) is 5.79. The zero-order chi connectivity index (χ0) is 12.0. The summed E-state index contributed by atoms with van der Waals surface area (Å²) in [5.41, 5.74) is 0. The van der Waals surface area contributed by atoms with E-state index in [4.69, 9.17) is 9.84 Å². The lowest BCUT2D eigenvalue weighted by Gasteiger charge is -2.28. The van der Waals surface area contributed by atoms with Crippen molar-refractivity contribution in [2.75, 3.05) is 19.7 Å². The second-order valence-corrected chi connectivity index (χ2v) is 4.06. The minimum absolute atomic E-state index is 0.118. The third kappa shape index (κ3) is 3.72. The van der Waals surface area contributed by atoms with E-state index in [-0.39, 0.29) is 11.9 Å². The average molecular weight is 229 g/mol. The van der Waals surface area contributed by atoms with Gasteiger partial charge in [0.2, 0.25) is 0 Å². The van der Waals surface area contributed by atoms with Crippen molar-refractivity contribution in [2.45, 2.75) is 32.6 Å². The van der Waals surface area contributed by atoms with Crippen molar-refractivity contribution >= 4 is 12.1 Å². The molecule has 1 rings (SSSR count). The molecule has 1 heterocycles. The summed E-state index contributed by atoms with van der Waals surface area (Å²) in [6.07, 6.45) is 2.15. The van der Waals surface area contributed by atoms with E-state index in [0.29, 0.717) is 32.5 Å². The largest absolute Gasteiger partial charge is 0.465 e. The standard InChI is InChI=1S/C11H19NO4/c1-2-3-8-16-10(13)9-4-6-12(7-5-9)11(14)15/h9H,2-8H2,1H3,(H,14,15). The Morgan fingerprint density at radius 3 is 2.50 bits per heavy atom. The van der Waals surface area contributed by atoms with Crippen molar-refractivity contribution in [2.24, 2.45) is 5.92 Å². The second-order valence-electron chi connectivity index (χ2n) is 4.06. The highest BCUT2D eigenvalue weighted by molar-refractivity contribution is 5.73. The predicted octanol–water partition coefficient (Wildman–Crippen LogP) is 1.72. The molecule has 92 valence electrons. The molecule has 0 aliphatic carbocycles. The summed E-state index contributed by atoms with van der Waals surface area (Å²) >= 11 is 0. The Labute approximate surface area is 95.4 Å². The van der Waals surface area contributed by atoms with E-state index in [9.17, 15) is 9.59 Å². The van der Waals surface area contributed by atoms with Crippen LogP contribution >= 0.6 is 0 Å². The van der Waals surface area contributed by atoms with Crippen molar-refractivity contribution < 1.29 is 19.4 Å². The van der Waals surface area contributed by atoms with E-state index in [1.54, 1.807) is 0 Å². The van der Waals surface area contributed by atoms with Crippen molar-refractivity contribution in [1.82, 2.24) is 4.90 Å². The highest BCUT2D eigenvalue weighted by atomic mass is 16.5. The predicted molar refractivity (Wildman–Crippen MR) is 58.2 cm³/mol. The number of carboxylic acid groups (broad SMARTS) is 1. The van der Waals surface area contributed by atoms with Crippen molar-refractivity contribution in [3.63, 3.8) is 0 Å². The van der Waals surface area contributed by atoms with Crippen molar-refractivity contribution in [3.8, 4) is 0 Å². The van der Waals surface area contributed by atoms with Gasteiger partial charge in [0, 0.05) is 13.1 Å². The van der Waals surface area contributed by atoms with Gasteiger partial charge in [-0.2, -0.15) is 0 Å². The fourth-order valence-corrected chi connectivity index (χ4v) is 1.74. The summed E-state index contributed by atoms with van der Waals surface area (Å²) < 4.78 is 5.11. The van der Waals surface area contributed by atoms with Crippen LogP contribution in [0.3, 0.4) is 0 Å². The van der Waals surface area contributed by atoms with Crippen LogP contribution in [-0.2, 0) is 9.53 Å². The fraction of sp³-hybridized carbons (Fsp3) is 0.818. The lowest BCUT2D eigenvalue weighted by molar-refractivity contribution is -0.150. The molecule has 1 fully saturated rings. The van der Waals surface area contributed by atoms with Gasteiger partial charge in [-0.3, -0.25) is 4.79 Å². The third-order valence-corrected chi connectivity index (χ3v) is 2.84. The Balaban J connectivity index is 2.25. The monoisotopic (exact) mass is 229 g/mol. The van der Waals surface area contributed by atoms with Gasteiger partial charge in [0.15, 0.2) is 0 Å². The summed E-state index contributed by atoms with van der Waals surface area (Å²) in [5.74, 6) is -0.286. The number of hydrogen-bond donors (Lipinski definition) is 1. The zero-order valence-electron chi connectivity index (χ0n) is 9.65. The van der Waals surface area contributed by atoms with Crippen molar-refractivity contribution in [3.05, 3.63) is 0 Å². The Morgan fingerprint density at radius 1 is 1.38 bits per heavy atom. The Kier molecular flexibility index (Phi) is 5.08. The quantitative estimate of drug-likeness (QED) is 0.588. The topological polar surface area (TPSA) is 66.8 Å². The van der Waals surface area contributed by atoms with Gasteiger partial charge in [0.1, 0.15) is 0 Å². The lowest BCUT2D eigenvalue weighted by Crippen LogP contribution is -2.39. The van der Waals surface area contributed by atoms with E-state index in [1.807, 2.05) is 6.92 Å². The van der Waals surface area contributed by atoms with E-state index < -0.39 is 6.09 Å². The highest BCUT2D eigenvalue weighted by Crippen LogP contribution is 2.18. The molecule has 5 nitrogen and oxygen atoms in total. The van der Waals surface area contributed by atoms with Crippen LogP contribution in [0, 0.1) is 5.92 Å². The Morgan fingerprint density at radius 2 is 2.00 bits per heavy atom. The minimum Gasteiger partial charge on any atom is -0.465 e. The first kappa shape index (κ1) is 12.8. The SMILES string of the molecule is CCCCOC(=O)C1CCN(C(=O)O)CC1. The fourth-order valence-electron chi connectivity index (χ4n) is 1.74. The summed E-state index contributed by atoms with van der Waals surface area (Å²) in [7, 11) is 0. The Hall–Kier alpha value is -1.26. The molecule has 1 saturated heterocycles. The Bertz CT molecular complexity index is 246. The van der Waals surface area contributed by atoms with Crippen molar-refractivity contribution in [1.29, 1.82) is 0 Å². The van der Waals surface area contributed by atoms with Crippen LogP contribution in [0.4, 0.5) is 4.79 Å². The molecule has 0 unspecified atom stereocenters. The molecule has 1 N–H and O–H groups in total. The molecule has 0 saturated carbocycles. The van der Waals surface area contributed by atoms with Gasteiger partial charge in [-0.15, -0.1) is 0 Å². The number of nitrogens with zero attached hydrogens (tertiary/aromatic N) is 1. The molecule has 5 heteroatoms. The van der Waals surface area contributed by atoms with Crippen LogP contribution in [0.15, 0.2) is 0 Å². The van der Waals surface area contributed by atoms with Gasteiger partial charge in [0.05, 0.1) is 12.5 Å². The van der Waals surface area contributed by atoms with Gasteiger partial charge >= 0.3 is 12.1 Å². The van der Waals surface area contributed by atoms with E-state index >= 15 is 0 Å². The first-order valence-corrected chi connectivity index (χ1v) is 5.79. The molecule has 0 aromatic heterocycles. The van der Waals surface area contributed by atoms with Gasteiger partial charge < -0.3 is 14.7 Å². The average Bonchev–Trinajstić information content (AvgIpc) is 2.29. The van der Waals surface area contributed by atoms with Gasteiger partial charge in [0.25, 0.3) is 0 Å². The van der Waals surface area contributed by atoms with Gasteiger partial charge in [-0.1, -0.05) is 13.3 Å². The maximum atomic E-state index is 11.6. The molecular formula is C11H19NO4. The maximum Gasteiger partial charge on any atom is 0.407 e. The first-order chi connectivity index (χ1) is 7.65. The maximum absolute atomic E-state index is 11.6. The number of amides is 1. The summed E-state index contributed by atoms with van der Waals surface area (Å²) in [6, 6.07) is 0. The van der Waals surface area contributed by atoms with Crippen LogP contribution in [0.5, 0.6) is 0 Å². The number of esters is 1. The number of hydrogen-bond acceptors (Lipinski definition) is 3. The molecule has 16 heavy (non-hydrogen) atoms. The van der Waals surface area contributed by atoms with Crippen LogP contribution in [0.2, 0.25) is 0 Å². The number of carbonyl (C=O) groups excluding carboxylic acids is 1. The summed E-state index contributed by atoms with van der Waals surface area (Å²) in [5, 5.41) is 8.75. The molecule has 0 aromatic rings. The number of rotatable bonds is 4. The number of likely N-dealkylation sites (tertiary alicyclic amines) is 1. The van der Waals surface area contributed by atoms with E-state index in [2.05, 4.69) is 0 Å². The molecule has 0 radical (unpaired) electrons.